The molecule has 1 aliphatic rings. The first-order chi connectivity index (χ1) is 16.9. The SMILES string of the molecule is CCOc1cc(/C=C2\C(=O)NC(=O)N(c3cccc(Cl)c3)C2=O)cc(Cl)c1OCc1ccccc1. The minimum absolute atomic E-state index is 0.232. The lowest BCUT2D eigenvalue weighted by atomic mass is 10.1. The lowest BCUT2D eigenvalue weighted by Crippen LogP contribution is -2.54. The highest BCUT2D eigenvalue weighted by molar-refractivity contribution is 6.39. The Bertz CT molecular complexity index is 1320. The summed E-state index contributed by atoms with van der Waals surface area (Å²) in [7, 11) is 0. The van der Waals surface area contributed by atoms with Crippen molar-refractivity contribution in [1.82, 2.24) is 5.32 Å². The molecule has 1 N–H and O–H groups in total. The van der Waals surface area contributed by atoms with Gasteiger partial charge in [-0.15, -0.1) is 0 Å². The number of benzene rings is 3. The van der Waals surface area contributed by atoms with Gasteiger partial charge in [-0.05, 0) is 54.5 Å². The molecule has 1 heterocycles. The van der Waals surface area contributed by atoms with Crippen molar-refractivity contribution in [2.24, 2.45) is 0 Å². The number of urea groups is 1. The number of imide groups is 2. The summed E-state index contributed by atoms with van der Waals surface area (Å²) in [5, 5.41) is 2.76. The molecule has 0 bridgehead atoms. The van der Waals surface area contributed by atoms with E-state index in [0.29, 0.717) is 28.7 Å². The second-order valence-electron chi connectivity index (χ2n) is 7.47. The smallest absolute Gasteiger partial charge is 0.335 e. The fourth-order valence-corrected chi connectivity index (χ4v) is 3.94. The molecule has 1 aliphatic heterocycles. The summed E-state index contributed by atoms with van der Waals surface area (Å²) in [4.78, 5) is 38.9. The Morgan fingerprint density at radius 2 is 1.71 bits per heavy atom. The Hall–Kier alpha value is -3.81. The molecule has 35 heavy (non-hydrogen) atoms. The predicted octanol–water partition coefficient (Wildman–Crippen LogP) is 5.64. The number of ether oxygens (including phenoxy) is 2. The third kappa shape index (κ3) is 5.48. The molecule has 0 spiro atoms. The van der Waals surface area contributed by atoms with Crippen LogP contribution in [0.15, 0.2) is 72.3 Å². The van der Waals surface area contributed by atoms with Crippen molar-refractivity contribution in [1.29, 1.82) is 0 Å². The number of carbonyl (C=O) groups is 3. The zero-order valence-corrected chi connectivity index (χ0v) is 20.1. The van der Waals surface area contributed by atoms with Gasteiger partial charge in [0.2, 0.25) is 0 Å². The summed E-state index contributed by atoms with van der Waals surface area (Å²) in [5.41, 5.74) is 1.36. The summed E-state index contributed by atoms with van der Waals surface area (Å²) in [6.45, 7) is 2.43. The van der Waals surface area contributed by atoms with Gasteiger partial charge in [0.15, 0.2) is 11.5 Å². The normalized spacial score (nSPS) is 14.8. The predicted molar refractivity (Wildman–Crippen MR) is 134 cm³/mol. The van der Waals surface area contributed by atoms with Crippen molar-refractivity contribution in [3.8, 4) is 11.5 Å². The van der Waals surface area contributed by atoms with Gasteiger partial charge in [-0.25, -0.2) is 9.69 Å². The van der Waals surface area contributed by atoms with Gasteiger partial charge in [0.25, 0.3) is 11.8 Å². The molecule has 0 atom stereocenters. The first-order valence-electron chi connectivity index (χ1n) is 10.7. The molecular formula is C26H20Cl2N2O5. The highest BCUT2D eigenvalue weighted by Crippen LogP contribution is 2.38. The van der Waals surface area contributed by atoms with Crippen molar-refractivity contribution in [3.05, 3.63) is 93.5 Å². The summed E-state index contributed by atoms with van der Waals surface area (Å²) < 4.78 is 11.6. The van der Waals surface area contributed by atoms with Gasteiger partial charge in [-0.3, -0.25) is 14.9 Å². The fourth-order valence-electron chi connectivity index (χ4n) is 3.48. The lowest BCUT2D eigenvalue weighted by Gasteiger charge is -2.26. The van der Waals surface area contributed by atoms with Crippen LogP contribution in [0.1, 0.15) is 18.1 Å². The molecule has 0 unspecified atom stereocenters. The topological polar surface area (TPSA) is 84.9 Å². The van der Waals surface area contributed by atoms with E-state index in [4.69, 9.17) is 32.7 Å². The van der Waals surface area contributed by atoms with Gasteiger partial charge in [-0.2, -0.15) is 0 Å². The maximum Gasteiger partial charge on any atom is 0.335 e. The second-order valence-corrected chi connectivity index (χ2v) is 8.32. The number of carbonyl (C=O) groups excluding carboxylic acids is 3. The molecule has 178 valence electrons. The Labute approximate surface area is 211 Å². The van der Waals surface area contributed by atoms with E-state index in [-0.39, 0.29) is 22.9 Å². The number of halogens is 2. The van der Waals surface area contributed by atoms with Crippen molar-refractivity contribution in [3.63, 3.8) is 0 Å². The number of amides is 4. The molecule has 1 saturated heterocycles. The summed E-state index contributed by atoms with van der Waals surface area (Å²) >= 11 is 12.5. The van der Waals surface area contributed by atoms with Crippen molar-refractivity contribution >= 4 is 52.8 Å². The van der Waals surface area contributed by atoms with E-state index in [1.807, 2.05) is 37.3 Å². The van der Waals surface area contributed by atoms with Crippen LogP contribution >= 0.6 is 23.2 Å². The summed E-state index contributed by atoms with van der Waals surface area (Å²) in [5.74, 6) is -0.917. The number of nitrogens with zero attached hydrogens (tertiary/aromatic N) is 1. The molecule has 7 nitrogen and oxygen atoms in total. The lowest BCUT2D eigenvalue weighted by molar-refractivity contribution is -0.122. The average Bonchev–Trinajstić information content (AvgIpc) is 2.82. The minimum atomic E-state index is -0.864. The molecule has 3 aromatic rings. The van der Waals surface area contributed by atoms with Gasteiger partial charge in [-0.1, -0.05) is 59.6 Å². The van der Waals surface area contributed by atoms with Crippen LogP contribution in [0, 0.1) is 0 Å². The maximum atomic E-state index is 13.1. The van der Waals surface area contributed by atoms with Gasteiger partial charge < -0.3 is 9.47 Å². The van der Waals surface area contributed by atoms with E-state index in [1.165, 1.54) is 12.1 Å². The number of anilines is 1. The van der Waals surface area contributed by atoms with Crippen LogP contribution in [-0.2, 0) is 16.2 Å². The third-order valence-electron chi connectivity index (χ3n) is 5.04. The molecule has 0 aliphatic carbocycles. The molecule has 4 rings (SSSR count). The largest absolute Gasteiger partial charge is 0.490 e. The summed E-state index contributed by atoms with van der Waals surface area (Å²) in [6, 6.07) is 18.1. The Kier molecular flexibility index (Phi) is 7.39. The van der Waals surface area contributed by atoms with E-state index < -0.39 is 17.8 Å². The average molecular weight is 511 g/mol. The molecule has 0 saturated carbocycles. The number of barbiturate groups is 1. The van der Waals surface area contributed by atoms with E-state index >= 15 is 0 Å². The minimum Gasteiger partial charge on any atom is -0.490 e. The molecule has 1 fully saturated rings. The van der Waals surface area contributed by atoms with Crippen LogP contribution in [0.3, 0.4) is 0 Å². The zero-order valence-electron chi connectivity index (χ0n) is 18.6. The van der Waals surface area contributed by atoms with Crippen LogP contribution in [0.25, 0.3) is 6.08 Å². The van der Waals surface area contributed by atoms with Crippen molar-refractivity contribution in [2.45, 2.75) is 13.5 Å². The van der Waals surface area contributed by atoms with E-state index in [0.717, 1.165) is 10.5 Å². The molecule has 0 radical (unpaired) electrons. The molecule has 0 aromatic heterocycles. The molecular weight excluding hydrogens is 491 g/mol. The van der Waals surface area contributed by atoms with E-state index in [2.05, 4.69) is 5.32 Å². The monoisotopic (exact) mass is 510 g/mol. The third-order valence-corrected chi connectivity index (χ3v) is 5.55. The van der Waals surface area contributed by atoms with Crippen LogP contribution in [0.5, 0.6) is 11.5 Å². The molecule has 9 heteroatoms. The Morgan fingerprint density at radius 3 is 2.43 bits per heavy atom. The van der Waals surface area contributed by atoms with Crippen LogP contribution in [0.2, 0.25) is 10.0 Å². The second kappa shape index (κ2) is 10.6. The Balaban J connectivity index is 1.67. The van der Waals surface area contributed by atoms with Crippen molar-refractivity contribution in [2.75, 3.05) is 11.5 Å². The fraction of sp³-hybridized carbons (Fsp3) is 0.115. The first kappa shape index (κ1) is 24.3. The highest BCUT2D eigenvalue weighted by atomic mass is 35.5. The standard InChI is InChI=1S/C26H20Cl2N2O5/c1-2-34-22-13-17(12-21(28)23(22)35-15-16-7-4-3-5-8-16)11-20-24(31)29-26(33)30(25(20)32)19-10-6-9-18(27)14-19/h3-14H,2,15H2,1H3,(H,29,31,33)/b20-11+. The van der Waals surface area contributed by atoms with Gasteiger partial charge >= 0.3 is 6.03 Å². The van der Waals surface area contributed by atoms with E-state index in [1.54, 1.807) is 30.3 Å². The summed E-state index contributed by atoms with van der Waals surface area (Å²) in [6.07, 6.45) is 1.34. The van der Waals surface area contributed by atoms with Crippen LogP contribution in [0.4, 0.5) is 10.5 Å². The molecule has 4 amide bonds. The quantitative estimate of drug-likeness (QED) is 0.328. The molecule has 3 aromatic carbocycles. The van der Waals surface area contributed by atoms with Crippen LogP contribution < -0.4 is 19.7 Å². The zero-order chi connectivity index (χ0) is 24.9. The first-order valence-corrected chi connectivity index (χ1v) is 11.4. The number of nitrogens with one attached hydrogen (secondary N) is 1. The van der Waals surface area contributed by atoms with Crippen molar-refractivity contribution < 1.29 is 23.9 Å². The number of rotatable bonds is 7. The van der Waals surface area contributed by atoms with Gasteiger partial charge in [0, 0.05) is 5.02 Å². The van der Waals surface area contributed by atoms with Gasteiger partial charge in [0.1, 0.15) is 12.2 Å². The Morgan fingerprint density at radius 1 is 0.943 bits per heavy atom. The van der Waals surface area contributed by atoms with Gasteiger partial charge in [0.05, 0.1) is 17.3 Å². The number of hydrogen-bond donors (Lipinski definition) is 1. The van der Waals surface area contributed by atoms with E-state index in [9.17, 15) is 14.4 Å². The number of hydrogen-bond acceptors (Lipinski definition) is 5. The maximum absolute atomic E-state index is 13.1. The van der Waals surface area contributed by atoms with Crippen LogP contribution in [-0.4, -0.2) is 24.5 Å². The highest BCUT2D eigenvalue weighted by Gasteiger charge is 2.37.